The highest BCUT2D eigenvalue weighted by Crippen LogP contribution is 2.29. The Bertz CT molecular complexity index is 973. The van der Waals surface area contributed by atoms with Crippen molar-refractivity contribution in [2.75, 3.05) is 13.7 Å². The van der Waals surface area contributed by atoms with E-state index in [9.17, 15) is 9.18 Å². The first-order chi connectivity index (χ1) is 12.5. The van der Waals surface area contributed by atoms with Crippen LogP contribution in [-0.2, 0) is 10.5 Å². The Hall–Kier alpha value is -1.89. The number of nitrogens with zero attached hydrogens (tertiary/aromatic N) is 2. The number of hydrogen-bond donors (Lipinski definition) is 0. The monoisotopic (exact) mass is 392 g/mol. The normalized spacial score (nSPS) is 12.5. The van der Waals surface area contributed by atoms with Crippen molar-refractivity contribution in [3.8, 4) is 0 Å². The number of fused-ring (bicyclic) bond motifs is 1. The number of methoxy groups -OCH3 is 1. The van der Waals surface area contributed by atoms with Crippen molar-refractivity contribution >= 4 is 34.3 Å². The summed E-state index contributed by atoms with van der Waals surface area (Å²) >= 11 is 7.40. The zero-order valence-electron chi connectivity index (χ0n) is 14.4. The number of para-hydroxylation sites is 1. The maximum absolute atomic E-state index is 14.1. The number of halogens is 2. The molecular weight excluding hydrogens is 375 g/mol. The fourth-order valence-corrected chi connectivity index (χ4v) is 4.18. The smallest absolute Gasteiger partial charge is 0.262 e. The van der Waals surface area contributed by atoms with E-state index in [1.54, 1.807) is 35.9 Å². The predicted molar refractivity (Wildman–Crippen MR) is 104 cm³/mol. The number of thioether (sulfide) groups is 1. The Morgan fingerprint density at radius 1 is 1.27 bits per heavy atom. The van der Waals surface area contributed by atoms with Crippen LogP contribution < -0.4 is 5.56 Å². The van der Waals surface area contributed by atoms with Crippen LogP contribution in [0, 0.1) is 5.82 Å². The van der Waals surface area contributed by atoms with E-state index >= 15 is 0 Å². The van der Waals surface area contributed by atoms with E-state index < -0.39 is 0 Å². The van der Waals surface area contributed by atoms with Gasteiger partial charge in [0.25, 0.3) is 5.56 Å². The molecule has 136 valence electrons. The Kier molecular flexibility index (Phi) is 5.96. The molecule has 0 radical (unpaired) electrons. The maximum Gasteiger partial charge on any atom is 0.262 e. The average Bonchev–Trinajstić information content (AvgIpc) is 2.61. The highest BCUT2D eigenvalue weighted by molar-refractivity contribution is 7.98. The summed E-state index contributed by atoms with van der Waals surface area (Å²) in [4.78, 5) is 17.6. The Morgan fingerprint density at radius 2 is 2.04 bits per heavy atom. The van der Waals surface area contributed by atoms with Gasteiger partial charge in [-0.1, -0.05) is 41.6 Å². The van der Waals surface area contributed by atoms with Crippen LogP contribution in [-0.4, -0.2) is 23.3 Å². The van der Waals surface area contributed by atoms with Crippen LogP contribution in [0.3, 0.4) is 0 Å². The van der Waals surface area contributed by atoms with E-state index in [4.69, 9.17) is 16.3 Å². The second kappa shape index (κ2) is 8.20. The lowest BCUT2D eigenvalue weighted by Crippen LogP contribution is -2.28. The molecule has 26 heavy (non-hydrogen) atoms. The summed E-state index contributed by atoms with van der Waals surface area (Å²) < 4.78 is 20.9. The largest absolute Gasteiger partial charge is 0.383 e. The first-order valence-electron chi connectivity index (χ1n) is 8.08. The summed E-state index contributed by atoms with van der Waals surface area (Å²) in [6.07, 6.45) is 0. The van der Waals surface area contributed by atoms with Gasteiger partial charge < -0.3 is 4.74 Å². The molecule has 0 saturated carbocycles. The third-order valence-electron chi connectivity index (χ3n) is 4.03. The molecule has 2 aromatic carbocycles. The highest BCUT2D eigenvalue weighted by Gasteiger charge is 2.17. The van der Waals surface area contributed by atoms with Crippen LogP contribution in [0.15, 0.2) is 52.4 Å². The Balaban J connectivity index is 2.06. The topological polar surface area (TPSA) is 44.1 Å². The molecule has 1 atom stereocenters. The summed E-state index contributed by atoms with van der Waals surface area (Å²) in [5.74, 6) is -0.0969. The maximum atomic E-state index is 14.1. The van der Waals surface area contributed by atoms with Gasteiger partial charge in [0, 0.05) is 23.4 Å². The van der Waals surface area contributed by atoms with Gasteiger partial charge in [-0.05, 0) is 31.2 Å². The van der Waals surface area contributed by atoms with Crippen molar-refractivity contribution in [2.24, 2.45) is 0 Å². The van der Waals surface area contributed by atoms with Crippen LogP contribution in [0.2, 0.25) is 5.02 Å². The predicted octanol–water partition coefficient (Wildman–Crippen LogP) is 4.69. The van der Waals surface area contributed by atoms with Gasteiger partial charge in [0.1, 0.15) is 5.82 Å². The first-order valence-corrected chi connectivity index (χ1v) is 9.45. The molecule has 1 heterocycles. The molecule has 3 aromatic rings. The quantitative estimate of drug-likeness (QED) is 0.451. The van der Waals surface area contributed by atoms with Crippen LogP contribution in [0.5, 0.6) is 0 Å². The van der Waals surface area contributed by atoms with Crippen molar-refractivity contribution in [3.05, 3.63) is 69.2 Å². The molecule has 7 heteroatoms. The SMILES string of the molecule is COCC(C)n1c(SCc2c(F)cccc2Cl)nc2ccccc2c1=O. The summed E-state index contributed by atoms with van der Waals surface area (Å²) in [5, 5.41) is 1.42. The van der Waals surface area contributed by atoms with Crippen molar-refractivity contribution in [1.29, 1.82) is 0 Å². The van der Waals surface area contributed by atoms with Gasteiger partial charge in [-0.2, -0.15) is 0 Å². The third-order valence-corrected chi connectivity index (χ3v) is 5.36. The van der Waals surface area contributed by atoms with E-state index in [-0.39, 0.29) is 23.2 Å². The van der Waals surface area contributed by atoms with Gasteiger partial charge >= 0.3 is 0 Å². The molecular formula is C19H18ClFN2O2S. The zero-order valence-corrected chi connectivity index (χ0v) is 16.0. The molecule has 0 aliphatic rings. The molecule has 1 aromatic heterocycles. The van der Waals surface area contributed by atoms with Gasteiger partial charge in [0.2, 0.25) is 0 Å². The minimum absolute atomic E-state index is 0.137. The van der Waals surface area contributed by atoms with Gasteiger partial charge in [-0.15, -0.1) is 0 Å². The van der Waals surface area contributed by atoms with E-state index in [0.717, 1.165) is 0 Å². The average molecular weight is 393 g/mol. The number of aromatic nitrogens is 2. The van der Waals surface area contributed by atoms with E-state index in [1.165, 1.54) is 17.8 Å². The van der Waals surface area contributed by atoms with Crippen molar-refractivity contribution in [2.45, 2.75) is 23.9 Å². The summed E-state index contributed by atoms with van der Waals surface area (Å²) in [6.45, 7) is 2.26. The minimum Gasteiger partial charge on any atom is -0.383 e. The summed E-state index contributed by atoms with van der Waals surface area (Å²) in [5.41, 5.74) is 0.871. The second-order valence-electron chi connectivity index (χ2n) is 5.88. The number of benzene rings is 2. The standard InChI is InChI=1S/C19H18ClFN2O2S/c1-12(10-25-2)23-18(24)13-6-3-4-9-17(13)22-19(23)26-11-14-15(20)7-5-8-16(14)21/h3-9,12H,10-11H2,1-2H3. The Morgan fingerprint density at radius 3 is 2.77 bits per heavy atom. The van der Waals surface area contributed by atoms with Gasteiger partial charge in [0.05, 0.1) is 23.6 Å². The van der Waals surface area contributed by atoms with E-state index in [0.29, 0.717) is 33.3 Å². The fourth-order valence-electron chi connectivity index (χ4n) is 2.74. The Labute approximate surface area is 160 Å². The lowest BCUT2D eigenvalue weighted by molar-refractivity contribution is 0.156. The molecule has 0 bridgehead atoms. The zero-order chi connectivity index (χ0) is 18.7. The number of hydrogen-bond acceptors (Lipinski definition) is 4. The van der Waals surface area contributed by atoms with Crippen LogP contribution >= 0.6 is 23.4 Å². The fraction of sp³-hybridized carbons (Fsp3) is 0.263. The molecule has 0 saturated heterocycles. The highest BCUT2D eigenvalue weighted by atomic mass is 35.5. The first kappa shape index (κ1) is 18.9. The van der Waals surface area contributed by atoms with Crippen molar-refractivity contribution in [1.82, 2.24) is 9.55 Å². The molecule has 0 aliphatic carbocycles. The third kappa shape index (κ3) is 3.77. The molecule has 4 nitrogen and oxygen atoms in total. The second-order valence-corrected chi connectivity index (χ2v) is 7.23. The van der Waals surface area contributed by atoms with E-state index in [1.807, 2.05) is 19.1 Å². The molecule has 3 rings (SSSR count). The van der Waals surface area contributed by atoms with Crippen molar-refractivity contribution < 1.29 is 9.13 Å². The van der Waals surface area contributed by atoms with Gasteiger partial charge in [-0.25, -0.2) is 9.37 Å². The van der Waals surface area contributed by atoms with Crippen molar-refractivity contribution in [3.63, 3.8) is 0 Å². The molecule has 0 aliphatic heterocycles. The van der Waals surface area contributed by atoms with Gasteiger partial charge in [-0.3, -0.25) is 9.36 Å². The lowest BCUT2D eigenvalue weighted by atomic mass is 10.2. The molecule has 0 N–H and O–H groups in total. The van der Waals surface area contributed by atoms with Crippen LogP contribution in [0.25, 0.3) is 10.9 Å². The molecule has 0 spiro atoms. The minimum atomic E-state index is -0.371. The lowest BCUT2D eigenvalue weighted by Gasteiger charge is -2.19. The van der Waals surface area contributed by atoms with Gasteiger partial charge in [0.15, 0.2) is 5.16 Å². The molecule has 0 fully saturated rings. The van der Waals surface area contributed by atoms with E-state index in [2.05, 4.69) is 4.98 Å². The van der Waals surface area contributed by atoms with Crippen LogP contribution in [0.1, 0.15) is 18.5 Å². The summed E-state index contributed by atoms with van der Waals surface area (Å²) in [7, 11) is 1.59. The molecule has 1 unspecified atom stereocenters. The number of ether oxygens (including phenoxy) is 1. The molecule has 0 amide bonds. The number of rotatable bonds is 6. The summed E-state index contributed by atoms with van der Waals surface area (Å²) in [6, 6.07) is 11.6. The van der Waals surface area contributed by atoms with Crippen LogP contribution in [0.4, 0.5) is 4.39 Å².